The van der Waals surface area contributed by atoms with Gasteiger partial charge in [-0.3, -0.25) is 4.99 Å². The first-order chi connectivity index (χ1) is 9.65. The van der Waals surface area contributed by atoms with Crippen molar-refractivity contribution < 1.29 is 0 Å². The van der Waals surface area contributed by atoms with Crippen LogP contribution in [0, 0.1) is 11.8 Å². The summed E-state index contributed by atoms with van der Waals surface area (Å²) in [6.45, 7) is 4.80. The maximum atomic E-state index is 5.07. The molecule has 1 N–H and O–H groups in total. The number of hydrogen-bond acceptors (Lipinski definition) is 2. The van der Waals surface area contributed by atoms with Crippen LogP contribution in [-0.4, -0.2) is 22.5 Å². The summed E-state index contributed by atoms with van der Waals surface area (Å²) in [5.41, 5.74) is 0.397. The number of nitrogens with zero attached hydrogens (tertiary/aromatic N) is 1. The molecule has 0 amide bonds. The molecule has 0 aromatic rings. The second kappa shape index (κ2) is 6.29. The third-order valence-electron chi connectivity index (χ3n) is 5.62. The van der Waals surface area contributed by atoms with Gasteiger partial charge in [0, 0.05) is 11.3 Å². The largest absolute Gasteiger partial charge is 0.359 e. The molecule has 2 unspecified atom stereocenters. The lowest BCUT2D eigenvalue weighted by molar-refractivity contribution is 0.250. The zero-order valence-corrected chi connectivity index (χ0v) is 14.0. The fourth-order valence-electron chi connectivity index (χ4n) is 3.92. The average molecular weight is 295 g/mol. The van der Waals surface area contributed by atoms with Gasteiger partial charge < -0.3 is 5.32 Å². The zero-order valence-electron chi connectivity index (χ0n) is 13.2. The molecule has 2 aliphatic carbocycles. The number of aliphatic imine (C=N–C) groups is 1. The summed E-state index contributed by atoms with van der Waals surface area (Å²) in [6.07, 6.45) is 12.2. The molecule has 0 aromatic heterocycles. The van der Waals surface area contributed by atoms with Crippen molar-refractivity contribution in [3.8, 4) is 0 Å². The van der Waals surface area contributed by atoms with Crippen LogP contribution in [0.1, 0.15) is 71.6 Å². The topological polar surface area (TPSA) is 24.4 Å². The van der Waals surface area contributed by atoms with Crippen LogP contribution in [0.25, 0.3) is 0 Å². The first kappa shape index (κ1) is 14.7. The molecule has 3 aliphatic rings. The molecule has 0 radical (unpaired) electrons. The Bertz CT molecular complexity index is 358. The normalized spacial score (nSPS) is 44.5. The van der Waals surface area contributed by atoms with Gasteiger partial charge in [0.05, 0.1) is 6.04 Å². The minimum Gasteiger partial charge on any atom is -0.359 e. The second-order valence-electron chi connectivity index (χ2n) is 7.58. The van der Waals surface area contributed by atoms with E-state index in [2.05, 4.69) is 19.2 Å². The van der Waals surface area contributed by atoms with Crippen molar-refractivity contribution in [2.75, 3.05) is 5.75 Å². The van der Waals surface area contributed by atoms with Gasteiger partial charge in [-0.15, -0.1) is 0 Å². The van der Waals surface area contributed by atoms with Crippen LogP contribution in [0.4, 0.5) is 0 Å². The van der Waals surface area contributed by atoms with Crippen molar-refractivity contribution in [1.82, 2.24) is 5.32 Å². The minimum atomic E-state index is 0.397. The van der Waals surface area contributed by atoms with Gasteiger partial charge in [-0.1, -0.05) is 38.5 Å². The van der Waals surface area contributed by atoms with Crippen LogP contribution >= 0.6 is 11.8 Å². The Morgan fingerprint density at radius 2 is 1.75 bits per heavy atom. The monoisotopic (exact) mass is 294 g/mol. The molecule has 2 nitrogen and oxygen atoms in total. The molecule has 0 aromatic carbocycles. The lowest BCUT2D eigenvalue weighted by Crippen LogP contribution is -2.46. The van der Waals surface area contributed by atoms with Gasteiger partial charge >= 0.3 is 0 Å². The van der Waals surface area contributed by atoms with Crippen LogP contribution in [-0.2, 0) is 0 Å². The van der Waals surface area contributed by atoms with Gasteiger partial charge in [-0.05, 0) is 56.8 Å². The van der Waals surface area contributed by atoms with Crippen molar-refractivity contribution in [2.24, 2.45) is 16.8 Å². The van der Waals surface area contributed by atoms with E-state index in [0.29, 0.717) is 11.6 Å². The Hall–Kier alpha value is -0.180. The molecular formula is C17H30N2S. The minimum absolute atomic E-state index is 0.397. The summed E-state index contributed by atoms with van der Waals surface area (Å²) in [4.78, 5) is 5.07. The van der Waals surface area contributed by atoms with Crippen LogP contribution < -0.4 is 5.32 Å². The molecular weight excluding hydrogens is 264 g/mol. The second-order valence-corrected chi connectivity index (χ2v) is 8.54. The number of amidine groups is 1. The first-order valence-electron chi connectivity index (χ1n) is 8.64. The number of nitrogens with one attached hydrogen (secondary N) is 1. The molecule has 0 bridgehead atoms. The number of thioether (sulfide) groups is 1. The molecule has 3 fully saturated rings. The van der Waals surface area contributed by atoms with E-state index in [4.69, 9.17) is 4.99 Å². The zero-order chi connectivity index (χ0) is 14.0. The standard InChI is InChI=1S/C17H30N2S/c1-13-4-3-5-15(7-6-13)18-16-19-17(12-20-16)10-8-14(2)9-11-17/h13-15H,3-12H2,1-2H3,(H,18,19). The van der Waals surface area contributed by atoms with Crippen molar-refractivity contribution in [3.05, 3.63) is 0 Å². The van der Waals surface area contributed by atoms with Crippen LogP contribution in [0.3, 0.4) is 0 Å². The third-order valence-corrected chi connectivity index (χ3v) is 6.79. The SMILES string of the molecule is CC1CCCC(N=C2NC3(CCC(C)CC3)CS2)CC1. The smallest absolute Gasteiger partial charge is 0.157 e. The van der Waals surface area contributed by atoms with Crippen molar-refractivity contribution >= 4 is 16.9 Å². The highest BCUT2D eigenvalue weighted by molar-refractivity contribution is 8.14. The van der Waals surface area contributed by atoms with E-state index >= 15 is 0 Å². The predicted molar refractivity (Wildman–Crippen MR) is 89.4 cm³/mol. The Kier molecular flexibility index (Phi) is 4.64. The van der Waals surface area contributed by atoms with Crippen LogP contribution in [0.15, 0.2) is 4.99 Å². The highest BCUT2D eigenvalue weighted by Crippen LogP contribution is 2.38. The Balaban J connectivity index is 1.57. The van der Waals surface area contributed by atoms with Crippen molar-refractivity contribution in [2.45, 2.75) is 83.2 Å². The molecule has 1 heterocycles. The Morgan fingerprint density at radius 1 is 1.00 bits per heavy atom. The fourth-order valence-corrected chi connectivity index (χ4v) is 5.21. The molecule has 2 saturated carbocycles. The molecule has 3 rings (SSSR count). The molecule has 3 heteroatoms. The Labute approximate surface area is 128 Å². The van der Waals surface area contributed by atoms with Gasteiger partial charge in [0.1, 0.15) is 0 Å². The van der Waals surface area contributed by atoms with E-state index in [0.717, 1.165) is 11.8 Å². The van der Waals surface area contributed by atoms with Gasteiger partial charge in [-0.25, -0.2) is 0 Å². The summed E-state index contributed by atoms with van der Waals surface area (Å²) in [6, 6.07) is 0.590. The van der Waals surface area contributed by atoms with E-state index in [1.54, 1.807) is 0 Å². The average Bonchev–Trinajstić information content (AvgIpc) is 2.70. The summed E-state index contributed by atoms with van der Waals surface area (Å²) >= 11 is 1.99. The van der Waals surface area contributed by atoms with Gasteiger partial charge in [0.15, 0.2) is 5.17 Å². The van der Waals surface area contributed by atoms with E-state index < -0.39 is 0 Å². The molecule has 1 spiro atoms. The molecule has 2 atom stereocenters. The lowest BCUT2D eigenvalue weighted by Gasteiger charge is -2.35. The van der Waals surface area contributed by atoms with Crippen molar-refractivity contribution in [3.63, 3.8) is 0 Å². The van der Waals surface area contributed by atoms with E-state index in [1.807, 2.05) is 11.8 Å². The maximum absolute atomic E-state index is 5.07. The van der Waals surface area contributed by atoms with Crippen LogP contribution in [0.5, 0.6) is 0 Å². The quantitative estimate of drug-likeness (QED) is 0.715. The molecule has 1 aliphatic heterocycles. The van der Waals surface area contributed by atoms with E-state index in [1.165, 1.54) is 68.7 Å². The van der Waals surface area contributed by atoms with Gasteiger partial charge in [-0.2, -0.15) is 0 Å². The van der Waals surface area contributed by atoms with E-state index in [-0.39, 0.29) is 0 Å². The predicted octanol–water partition coefficient (Wildman–Crippen LogP) is 4.60. The summed E-state index contributed by atoms with van der Waals surface area (Å²) in [5.74, 6) is 3.09. The molecule has 20 heavy (non-hydrogen) atoms. The summed E-state index contributed by atoms with van der Waals surface area (Å²) in [5, 5.41) is 5.08. The summed E-state index contributed by atoms with van der Waals surface area (Å²) in [7, 11) is 0. The number of hydrogen-bond donors (Lipinski definition) is 1. The van der Waals surface area contributed by atoms with Gasteiger partial charge in [0.25, 0.3) is 0 Å². The Morgan fingerprint density at radius 3 is 2.55 bits per heavy atom. The number of rotatable bonds is 1. The highest BCUT2D eigenvalue weighted by atomic mass is 32.2. The lowest BCUT2D eigenvalue weighted by atomic mass is 9.78. The van der Waals surface area contributed by atoms with E-state index in [9.17, 15) is 0 Å². The van der Waals surface area contributed by atoms with Crippen molar-refractivity contribution in [1.29, 1.82) is 0 Å². The van der Waals surface area contributed by atoms with Gasteiger partial charge in [0.2, 0.25) is 0 Å². The summed E-state index contributed by atoms with van der Waals surface area (Å²) < 4.78 is 0. The molecule has 114 valence electrons. The maximum Gasteiger partial charge on any atom is 0.157 e. The molecule has 1 saturated heterocycles. The highest BCUT2D eigenvalue weighted by Gasteiger charge is 2.39. The fraction of sp³-hybridized carbons (Fsp3) is 0.941. The van der Waals surface area contributed by atoms with Crippen LogP contribution in [0.2, 0.25) is 0 Å². The third kappa shape index (κ3) is 3.52. The first-order valence-corrected chi connectivity index (χ1v) is 9.63.